The molecular formula is C11H15ClN2OS. The molecule has 0 bridgehead atoms. The Morgan fingerprint density at radius 3 is 2.75 bits per heavy atom. The van der Waals surface area contributed by atoms with Crippen molar-refractivity contribution in [3.05, 3.63) is 16.5 Å². The highest BCUT2D eigenvalue weighted by Crippen LogP contribution is 2.34. The third kappa shape index (κ3) is 2.50. The zero-order valence-electron chi connectivity index (χ0n) is 9.66. The van der Waals surface area contributed by atoms with Crippen molar-refractivity contribution in [3.63, 3.8) is 0 Å². The highest BCUT2D eigenvalue weighted by Gasteiger charge is 2.26. The van der Waals surface area contributed by atoms with Crippen LogP contribution < -0.4 is 0 Å². The van der Waals surface area contributed by atoms with Crippen LogP contribution >= 0.6 is 23.4 Å². The van der Waals surface area contributed by atoms with E-state index in [4.69, 9.17) is 16.3 Å². The monoisotopic (exact) mass is 258 g/mol. The second-order valence-electron chi connectivity index (χ2n) is 4.01. The highest BCUT2D eigenvalue weighted by atomic mass is 35.5. The van der Waals surface area contributed by atoms with Gasteiger partial charge in [0, 0.05) is 17.4 Å². The van der Waals surface area contributed by atoms with E-state index >= 15 is 0 Å². The molecule has 0 N–H and O–H groups in total. The van der Waals surface area contributed by atoms with E-state index in [9.17, 15) is 0 Å². The van der Waals surface area contributed by atoms with E-state index in [1.165, 1.54) is 0 Å². The molecule has 1 aromatic heterocycles. The summed E-state index contributed by atoms with van der Waals surface area (Å²) < 4.78 is 5.54. The maximum atomic E-state index is 6.05. The van der Waals surface area contributed by atoms with E-state index < -0.39 is 0 Å². The van der Waals surface area contributed by atoms with Crippen LogP contribution in [0.15, 0.2) is 5.03 Å². The van der Waals surface area contributed by atoms with E-state index in [-0.39, 0.29) is 0 Å². The lowest BCUT2D eigenvalue weighted by Gasteiger charge is -2.14. The Morgan fingerprint density at radius 2 is 2.12 bits per heavy atom. The van der Waals surface area contributed by atoms with Gasteiger partial charge in [0.1, 0.15) is 16.0 Å². The van der Waals surface area contributed by atoms with Crippen molar-refractivity contribution in [2.24, 2.45) is 0 Å². The maximum absolute atomic E-state index is 6.05. The fourth-order valence-electron chi connectivity index (χ4n) is 1.69. The fraction of sp³-hybridized carbons (Fsp3) is 0.636. The quantitative estimate of drug-likeness (QED) is 0.764. The fourth-order valence-corrected chi connectivity index (χ4v) is 3.19. The Hall–Kier alpha value is -0.320. The van der Waals surface area contributed by atoms with Gasteiger partial charge in [-0.2, -0.15) is 0 Å². The molecule has 16 heavy (non-hydrogen) atoms. The first kappa shape index (κ1) is 12.1. The number of rotatable bonds is 2. The summed E-state index contributed by atoms with van der Waals surface area (Å²) in [6.07, 6.45) is 1.37. The number of aromatic nitrogens is 2. The van der Waals surface area contributed by atoms with Gasteiger partial charge in [0.2, 0.25) is 0 Å². The van der Waals surface area contributed by atoms with Crippen molar-refractivity contribution in [3.8, 4) is 0 Å². The van der Waals surface area contributed by atoms with Crippen LogP contribution in [0.2, 0.25) is 5.15 Å². The van der Waals surface area contributed by atoms with Gasteiger partial charge in [0.05, 0.1) is 6.10 Å². The number of hydrogen-bond acceptors (Lipinski definition) is 4. The molecule has 88 valence electrons. The van der Waals surface area contributed by atoms with Crippen molar-refractivity contribution in [1.29, 1.82) is 0 Å². The van der Waals surface area contributed by atoms with Crippen molar-refractivity contribution in [2.75, 3.05) is 6.61 Å². The van der Waals surface area contributed by atoms with Crippen LogP contribution in [0.4, 0.5) is 0 Å². The van der Waals surface area contributed by atoms with Crippen LogP contribution in [-0.2, 0) is 4.74 Å². The first-order valence-corrected chi connectivity index (χ1v) is 6.62. The molecule has 2 atom stereocenters. The van der Waals surface area contributed by atoms with E-state index in [2.05, 4.69) is 16.9 Å². The third-order valence-corrected chi connectivity index (χ3v) is 4.63. The zero-order chi connectivity index (χ0) is 11.7. The molecule has 0 aliphatic carbocycles. The van der Waals surface area contributed by atoms with Crippen LogP contribution in [0.5, 0.6) is 0 Å². The summed E-state index contributed by atoms with van der Waals surface area (Å²) in [5, 5.41) is 2.02. The molecule has 0 saturated carbocycles. The maximum Gasteiger partial charge on any atom is 0.136 e. The standard InChI is InChI=1S/C11H15ClN2OS/c1-6-10(12)13-8(3)14-11(6)16-9-4-5-15-7(9)2/h7,9H,4-5H2,1-3H3. The predicted octanol–water partition coefficient (Wildman–Crippen LogP) is 3.02. The zero-order valence-corrected chi connectivity index (χ0v) is 11.2. The SMILES string of the molecule is Cc1nc(Cl)c(C)c(SC2CCOC2C)n1. The van der Waals surface area contributed by atoms with Crippen LogP contribution in [0.25, 0.3) is 0 Å². The molecular weight excluding hydrogens is 244 g/mol. The minimum Gasteiger partial charge on any atom is -0.377 e. The number of thioether (sulfide) groups is 1. The van der Waals surface area contributed by atoms with Crippen LogP contribution in [0.1, 0.15) is 24.7 Å². The highest BCUT2D eigenvalue weighted by molar-refractivity contribution is 8.00. The van der Waals surface area contributed by atoms with E-state index in [0.717, 1.165) is 29.4 Å². The topological polar surface area (TPSA) is 35.0 Å². The Morgan fingerprint density at radius 1 is 1.38 bits per heavy atom. The Kier molecular flexibility index (Phi) is 3.72. The molecule has 2 rings (SSSR count). The lowest BCUT2D eigenvalue weighted by Crippen LogP contribution is -2.14. The van der Waals surface area contributed by atoms with Gasteiger partial charge >= 0.3 is 0 Å². The number of aryl methyl sites for hydroxylation is 1. The van der Waals surface area contributed by atoms with Crippen LogP contribution in [0, 0.1) is 13.8 Å². The van der Waals surface area contributed by atoms with E-state index in [0.29, 0.717) is 16.5 Å². The Balaban J connectivity index is 2.20. The van der Waals surface area contributed by atoms with Gasteiger partial charge in [-0.3, -0.25) is 0 Å². The molecule has 3 nitrogen and oxygen atoms in total. The average Bonchev–Trinajstić information content (AvgIpc) is 2.60. The summed E-state index contributed by atoms with van der Waals surface area (Å²) in [6.45, 7) is 6.78. The molecule has 0 spiro atoms. The average molecular weight is 259 g/mol. The molecule has 1 aliphatic heterocycles. The normalized spacial score (nSPS) is 25.0. The van der Waals surface area contributed by atoms with Gasteiger partial charge in [-0.25, -0.2) is 9.97 Å². The summed E-state index contributed by atoms with van der Waals surface area (Å²) in [5.74, 6) is 0.727. The molecule has 2 unspecified atom stereocenters. The lowest BCUT2D eigenvalue weighted by molar-refractivity contribution is 0.127. The first-order valence-electron chi connectivity index (χ1n) is 5.37. The van der Waals surface area contributed by atoms with E-state index in [1.807, 2.05) is 13.8 Å². The minimum atomic E-state index is 0.290. The predicted molar refractivity (Wildman–Crippen MR) is 66.2 cm³/mol. The van der Waals surface area contributed by atoms with E-state index in [1.54, 1.807) is 11.8 Å². The third-order valence-electron chi connectivity index (χ3n) is 2.72. The molecule has 5 heteroatoms. The second kappa shape index (κ2) is 4.90. The largest absolute Gasteiger partial charge is 0.377 e. The Bertz CT molecular complexity index is 400. The molecule has 1 saturated heterocycles. The summed E-state index contributed by atoms with van der Waals surface area (Å²) >= 11 is 7.80. The second-order valence-corrected chi connectivity index (χ2v) is 5.60. The molecule has 1 fully saturated rings. The minimum absolute atomic E-state index is 0.290. The molecule has 0 radical (unpaired) electrons. The number of hydrogen-bond donors (Lipinski definition) is 0. The summed E-state index contributed by atoms with van der Waals surface area (Å²) in [5.41, 5.74) is 0.969. The lowest BCUT2D eigenvalue weighted by atomic mass is 10.3. The first-order chi connectivity index (χ1) is 7.58. The smallest absolute Gasteiger partial charge is 0.136 e. The Labute approximate surface area is 105 Å². The summed E-state index contributed by atoms with van der Waals surface area (Å²) in [4.78, 5) is 8.58. The van der Waals surface area contributed by atoms with Gasteiger partial charge in [-0.05, 0) is 27.2 Å². The van der Waals surface area contributed by atoms with Crippen LogP contribution in [0.3, 0.4) is 0 Å². The summed E-state index contributed by atoms with van der Waals surface area (Å²) in [7, 11) is 0. The van der Waals surface area contributed by atoms with Gasteiger partial charge in [-0.15, -0.1) is 0 Å². The molecule has 0 amide bonds. The molecule has 1 aliphatic rings. The van der Waals surface area contributed by atoms with Gasteiger partial charge < -0.3 is 4.74 Å². The van der Waals surface area contributed by atoms with Crippen molar-refractivity contribution in [1.82, 2.24) is 9.97 Å². The van der Waals surface area contributed by atoms with Gasteiger partial charge in [-0.1, -0.05) is 23.4 Å². The summed E-state index contributed by atoms with van der Waals surface area (Å²) in [6, 6.07) is 0. The van der Waals surface area contributed by atoms with Gasteiger partial charge in [0.15, 0.2) is 0 Å². The number of ether oxygens (including phenoxy) is 1. The van der Waals surface area contributed by atoms with Crippen molar-refractivity contribution < 1.29 is 4.74 Å². The van der Waals surface area contributed by atoms with Crippen molar-refractivity contribution >= 4 is 23.4 Å². The van der Waals surface area contributed by atoms with Crippen molar-refractivity contribution in [2.45, 2.75) is 43.6 Å². The number of halogens is 1. The van der Waals surface area contributed by atoms with Gasteiger partial charge in [0.25, 0.3) is 0 Å². The van der Waals surface area contributed by atoms with Crippen LogP contribution in [-0.4, -0.2) is 27.9 Å². The molecule has 2 heterocycles. The molecule has 0 aromatic carbocycles. The molecule has 1 aromatic rings. The number of nitrogens with zero attached hydrogens (tertiary/aromatic N) is 2.